The second kappa shape index (κ2) is 6.22. The summed E-state index contributed by atoms with van der Waals surface area (Å²) in [6, 6.07) is 2.50. The molecule has 1 rings (SSSR count). The van der Waals surface area contributed by atoms with Crippen LogP contribution in [0.25, 0.3) is 0 Å². The van der Waals surface area contributed by atoms with Gasteiger partial charge in [0.2, 0.25) is 0 Å². The van der Waals surface area contributed by atoms with Crippen LogP contribution >= 0.6 is 38.2 Å². The molecule has 0 bridgehead atoms. The van der Waals surface area contributed by atoms with Gasteiger partial charge in [0.05, 0.1) is 15.5 Å². The first-order chi connectivity index (χ1) is 8.98. The van der Waals surface area contributed by atoms with Gasteiger partial charge in [-0.05, 0) is 48.3 Å². The van der Waals surface area contributed by atoms with Crippen LogP contribution in [0.15, 0.2) is 21.5 Å². The highest BCUT2D eigenvalue weighted by Crippen LogP contribution is 2.31. The SMILES string of the molecule is CCC(C)(C)NC(=O)c1cc(S(=O)(=O)Cl)c(Br)cc1Cl. The predicted octanol–water partition coefficient (Wildman–Crippen LogP) is 3.95. The van der Waals surface area contributed by atoms with Crippen molar-refractivity contribution >= 4 is 53.2 Å². The van der Waals surface area contributed by atoms with Gasteiger partial charge >= 0.3 is 0 Å². The molecule has 1 aromatic carbocycles. The maximum absolute atomic E-state index is 12.2. The van der Waals surface area contributed by atoms with E-state index in [-0.39, 0.29) is 20.0 Å². The summed E-state index contributed by atoms with van der Waals surface area (Å²) >= 11 is 9.05. The number of halogens is 3. The van der Waals surface area contributed by atoms with Crippen LogP contribution in [0.3, 0.4) is 0 Å². The molecule has 1 amide bonds. The number of carbonyl (C=O) groups is 1. The Kier molecular flexibility index (Phi) is 5.52. The molecule has 0 heterocycles. The van der Waals surface area contributed by atoms with Crippen molar-refractivity contribution in [3.8, 4) is 0 Å². The first-order valence-corrected chi connectivity index (χ1v) is 9.22. The Morgan fingerprint density at radius 3 is 2.40 bits per heavy atom. The molecular weight excluding hydrogens is 389 g/mol. The van der Waals surface area contributed by atoms with Crippen LogP contribution in [-0.4, -0.2) is 19.9 Å². The topological polar surface area (TPSA) is 63.2 Å². The van der Waals surface area contributed by atoms with E-state index in [0.717, 1.165) is 6.07 Å². The number of amides is 1. The highest BCUT2D eigenvalue weighted by Gasteiger charge is 2.24. The Balaban J connectivity index is 3.30. The van der Waals surface area contributed by atoms with Crippen molar-refractivity contribution in [3.05, 3.63) is 27.2 Å². The normalized spacial score (nSPS) is 12.3. The second-order valence-electron chi connectivity index (χ2n) is 4.89. The number of hydrogen-bond donors (Lipinski definition) is 1. The molecule has 0 aromatic heterocycles. The minimum absolute atomic E-state index is 0.0654. The standard InChI is InChI=1S/C12H14BrCl2NO3S/c1-4-12(2,3)16-11(17)7-5-10(20(15,18)19)8(13)6-9(7)14/h5-6H,4H2,1-3H3,(H,16,17). The van der Waals surface area contributed by atoms with Gasteiger partial charge in [-0.1, -0.05) is 18.5 Å². The zero-order valence-electron chi connectivity index (χ0n) is 11.1. The van der Waals surface area contributed by atoms with E-state index in [9.17, 15) is 13.2 Å². The third kappa shape index (κ3) is 4.35. The molecule has 0 aliphatic rings. The highest BCUT2D eigenvalue weighted by atomic mass is 79.9. The summed E-state index contributed by atoms with van der Waals surface area (Å²) in [5.41, 5.74) is -0.358. The molecule has 112 valence electrons. The maximum Gasteiger partial charge on any atom is 0.262 e. The van der Waals surface area contributed by atoms with Gasteiger partial charge in [0, 0.05) is 20.7 Å². The van der Waals surface area contributed by atoms with Crippen molar-refractivity contribution < 1.29 is 13.2 Å². The fraction of sp³-hybridized carbons (Fsp3) is 0.417. The zero-order valence-corrected chi connectivity index (χ0v) is 15.0. The Labute approximate surface area is 136 Å². The van der Waals surface area contributed by atoms with E-state index in [1.54, 1.807) is 0 Å². The lowest BCUT2D eigenvalue weighted by Crippen LogP contribution is -2.42. The van der Waals surface area contributed by atoms with Gasteiger partial charge < -0.3 is 5.32 Å². The van der Waals surface area contributed by atoms with Gasteiger partial charge in [0.1, 0.15) is 0 Å². The van der Waals surface area contributed by atoms with E-state index < -0.39 is 20.5 Å². The van der Waals surface area contributed by atoms with Crippen LogP contribution in [0.2, 0.25) is 5.02 Å². The molecule has 0 spiro atoms. The van der Waals surface area contributed by atoms with E-state index >= 15 is 0 Å². The summed E-state index contributed by atoms with van der Waals surface area (Å²) in [6.07, 6.45) is 0.716. The van der Waals surface area contributed by atoms with E-state index in [0.29, 0.717) is 6.42 Å². The van der Waals surface area contributed by atoms with Gasteiger partial charge in [-0.25, -0.2) is 8.42 Å². The van der Waals surface area contributed by atoms with E-state index in [1.807, 2.05) is 20.8 Å². The molecule has 0 unspecified atom stereocenters. The van der Waals surface area contributed by atoms with Crippen LogP contribution in [0.5, 0.6) is 0 Å². The van der Waals surface area contributed by atoms with E-state index in [4.69, 9.17) is 22.3 Å². The number of rotatable bonds is 4. The van der Waals surface area contributed by atoms with Gasteiger partial charge in [0.25, 0.3) is 15.0 Å². The van der Waals surface area contributed by atoms with Crippen LogP contribution in [-0.2, 0) is 9.05 Å². The maximum atomic E-state index is 12.2. The lowest BCUT2D eigenvalue weighted by Gasteiger charge is -2.24. The largest absolute Gasteiger partial charge is 0.347 e. The lowest BCUT2D eigenvalue weighted by atomic mass is 10.0. The lowest BCUT2D eigenvalue weighted by molar-refractivity contribution is 0.0911. The molecule has 0 atom stereocenters. The number of carbonyl (C=O) groups excluding carboxylic acids is 1. The molecule has 0 aliphatic carbocycles. The van der Waals surface area contributed by atoms with Crippen LogP contribution < -0.4 is 5.32 Å². The van der Waals surface area contributed by atoms with E-state index in [2.05, 4.69) is 21.2 Å². The van der Waals surface area contributed by atoms with Crippen LogP contribution in [0.1, 0.15) is 37.6 Å². The van der Waals surface area contributed by atoms with Crippen molar-refractivity contribution in [2.75, 3.05) is 0 Å². The van der Waals surface area contributed by atoms with Crippen molar-refractivity contribution in [2.24, 2.45) is 0 Å². The summed E-state index contributed by atoms with van der Waals surface area (Å²) in [5, 5.41) is 2.93. The van der Waals surface area contributed by atoms with Crippen molar-refractivity contribution in [1.82, 2.24) is 5.32 Å². The smallest absolute Gasteiger partial charge is 0.262 e. The molecule has 8 heteroatoms. The van der Waals surface area contributed by atoms with Crippen molar-refractivity contribution in [1.29, 1.82) is 0 Å². The Bertz CT molecular complexity index is 644. The zero-order chi connectivity index (χ0) is 15.7. The minimum Gasteiger partial charge on any atom is -0.347 e. The summed E-state index contributed by atoms with van der Waals surface area (Å²) in [7, 11) is 1.35. The average Bonchev–Trinajstić information content (AvgIpc) is 2.26. The summed E-state index contributed by atoms with van der Waals surface area (Å²) in [5.74, 6) is -0.448. The summed E-state index contributed by atoms with van der Waals surface area (Å²) < 4.78 is 23.1. The molecule has 20 heavy (non-hydrogen) atoms. The van der Waals surface area contributed by atoms with Gasteiger partial charge in [-0.3, -0.25) is 4.79 Å². The summed E-state index contributed by atoms with van der Waals surface area (Å²) in [4.78, 5) is 12.0. The number of nitrogens with one attached hydrogen (secondary N) is 1. The molecule has 0 saturated heterocycles. The molecule has 0 aliphatic heterocycles. The minimum atomic E-state index is -3.97. The quantitative estimate of drug-likeness (QED) is 0.775. The van der Waals surface area contributed by atoms with Crippen LogP contribution in [0, 0.1) is 0 Å². The van der Waals surface area contributed by atoms with Crippen molar-refractivity contribution in [2.45, 2.75) is 37.6 Å². The molecule has 4 nitrogen and oxygen atoms in total. The number of hydrogen-bond acceptors (Lipinski definition) is 3. The van der Waals surface area contributed by atoms with Crippen LogP contribution in [0.4, 0.5) is 0 Å². The average molecular weight is 403 g/mol. The predicted molar refractivity (Wildman–Crippen MR) is 84.0 cm³/mol. The molecule has 0 radical (unpaired) electrons. The van der Waals surface area contributed by atoms with Crippen molar-refractivity contribution in [3.63, 3.8) is 0 Å². The first-order valence-electron chi connectivity index (χ1n) is 5.74. The van der Waals surface area contributed by atoms with Gasteiger partial charge in [-0.2, -0.15) is 0 Å². The summed E-state index contributed by atoms with van der Waals surface area (Å²) in [6.45, 7) is 5.64. The Morgan fingerprint density at radius 2 is 1.95 bits per heavy atom. The fourth-order valence-corrected chi connectivity index (χ4v) is 3.93. The number of benzene rings is 1. The molecule has 1 N–H and O–H groups in total. The molecular formula is C12H14BrCl2NO3S. The highest BCUT2D eigenvalue weighted by molar-refractivity contribution is 9.10. The molecule has 0 saturated carbocycles. The second-order valence-corrected chi connectivity index (χ2v) is 8.69. The fourth-order valence-electron chi connectivity index (χ4n) is 1.35. The Morgan fingerprint density at radius 1 is 1.40 bits per heavy atom. The molecule has 0 fully saturated rings. The third-order valence-electron chi connectivity index (χ3n) is 2.86. The molecule has 1 aromatic rings. The Hall–Kier alpha value is -0.300. The van der Waals surface area contributed by atoms with E-state index in [1.165, 1.54) is 6.07 Å². The van der Waals surface area contributed by atoms with Gasteiger partial charge in [-0.15, -0.1) is 0 Å². The third-order valence-corrected chi connectivity index (χ3v) is 5.46. The van der Waals surface area contributed by atoms with Gasteiger partial charge in [0.15, 0.2) is 0 Å². The first kappa shape index (κ1) is 17.8. The monoisotopic (exact) mass is 401 g/mol.